The molecule has 0 N–H and O–H groups in total. The van der Waals surface area contributed by atoms with E-state index < -0.39 is 11.6 Å². The Hall–Kier alpha value is -1.16. The summed E-state index contributed by atoms with van der Waals surface area (Å²) >= 11 is 0. The molecule has 0 amide bonds. The smallest absolute Gasteiger partial charge is 0.133 e. The molecule has 0 bridgehead atoms. The summed E-state index contributed by atoms with van der Waals surface area (Å²) in [5.74, 6) is -0.758. The van der Waals surface area contributed by atoms with Gasteiger partial charge >= 0.3 is 0 Å². The monoisotopic (exact) mass is 269 g/mol. The highest BCUT2D eigenvalue weighted by molar-refractivity contribution is 5.37. The maximum atomic E-state index is 13.8. The zero-order chi connectivity index (χ0) is 14.0. The summed E-state index contributed by atoms with van der Waals surface area (Å²) in [4.78, 5) is 2.23. The standard InChI is InChI=1S/C15H21F2NO/c1-10(2)15-13(17)8-11(16)9-14(15)19-12-4-6-18(3)7-5-12/h8-10,12H,4-7H2,1-3H3. The van der Waals surface area contributed by atoms with Crippen LogP contribution in [0, 0.1) is 11.6 Å². The van der Waals surface area contributed by atoms with Gasteiger partial charge in [-0.15, -0.1) is 0 Å². The van der Waals surface area contributed by atoms with Gasteiger partial charge in [0, 0.05) is 30.8 Å². The van der Waals surface area contributed by atoms with Crippen molar-refractivity contribution in [3.05, 3.63) is 29.3 Å². The van der Waals surface area contributed by atoms with Crippen LogP contribution in [0.25, 0.3) is 0 Å². The highest BCUT2D eigenvalue weighted by Gasteiger charge is 2.22. The second kappa shape index (κ2) is 5.87. The van der Waals surface area contributed by atoms with Crippen molar-refractivity contribution in [3.63, 3.8) is 0 Å². The van der Waals surface area contributed by atoms with Crippen LogP contribution in [-0.4, -0.2) is 31.1 Å². The first-order valence-corrected chi connectivity index (χ1v) is 6.81. The van der Waals surface area contributed by atoms with Crippen LogP contribution in [0.5, 0.6) is 5.75 Å². The molecule has 0 saturated carbocycles. The molecule has 4 heteroatoms. The first-order chi connectivity index (χ1) is 8.97. The Morgan fingerprint density at radius 3 is 2.42 bits per heavy atom. The molecule has 1 fully saturated rings. The number of ether oxygens (including phenoxy) is 1. The predicted molar refractivity (Wildman–Crippen MR) is 71.6 cm³/mol. The van der Waals surface area contributed by atoms with Crippen molar-refractivity contribution in [1.82, 2.24) is 4.90 Å². The van der Waals surface area contributed by atoms with Crippen LogP contribution in [0.3, 0.4) is 0 Å². The van der Waals surface area contributed by atoms with Gasteiger partial charge in [0.2, 0.25) is 0 Å². The van der Waals surface area contributed by atoms with Gasteiger partial charge in [-0.05, 0) is 25.8 Å². The number of piperidine rings is 1. The van der Waals surface area contributed by atoms with Crippen LogP contribution in [0.4, 0.5) is 8.78 Å². The summed E-state index contributed by atoms with van der Waals surface area (Å²) in [6, 6.07) is 2.23. The summed E-state index contributed by atoms with van der Waals surface area (Å²) in [5, 5.41) is 0. The third kappa shape index (κ3) is 3.44. The lowest BCUT2D eigenvalue weighted by Gasteiger charge is -2.30. The van der Waals surface area contributed by atoms with Gasteiger partial charge in [-0.3, -0.25) is 0 Å². The molecule has 2 nitrogen and oxygen atoms in total. The lowest BCUT2D eigenvalue weighted by Crippen LogP contribution is -2.35. The Bertz CT molecular complexity index is 440. The van der Waals surface area contributed by atoms with E-state index in [0.717, 1.165) is 32.0 Å². The van der Waals surface area contributed by atoms with Gasteiger partial charge in [0.1, 0.15) is 23.5 Å². The molecule has 2 rings (SSSR count). The first-order valence-electron chi connectivity index (χ1n) is 6.81. The first kappa shape index (κ1) is 14.3. The van der Waals surface area contributed by atoms with Crippen molar-refractivity contribution in [2.45, 2.75) is 38.7 Å². The van der Waals surface area contributed by atoms with E-state index in [-0.39, 0.29) is 12.0 Å². The Morgan fingerprint density at radius 1 is 1.21 bits per heavy atom. The highest BCUT2D eigenvalue weighted by Crippen LogP contribution is 2.32. The molecule has 1 aliphatic heterocycles. The van der Waals surface area contributed by atoms with E-state index in [0.29, 0.717) is 11.3 Å². The molecule has 1 saturated heterocycles. The number of likely N-dealkylation sites (tertiary alicyclic amines) is 1. The summed E-state index contributed by atoms with van der Waals surface area (Å²) in [7, 11) is 2.07. The largest absolute Gasteiger partial charge is 0.490 e. The lowest BCUT2D eigenvalue weighted by molar-refractivity contribution is 0.112. The van der Waals surface area contributed by atoms with Crippen LogP contribution < -0.4 is 4.74 Å². The Labute approximate surface area is 113 Å². The molecule has 1 heterocycles. The fourth-order valence-electron chi connectivity index (χ4n) is 2.50. The molecular formula is C15H21F2NO. The normalized spacial score (nSPS) is 18.0. The molecule has 1 aromatic rings. The van der Waals surface area contributed by atoms with Crippen LogP contribution in [-0.2, 0) is 0 Å². The van der Waals surface area contributed by atoms with Crippen LogP contribution >= 0.6 is 0 Å². The summed E-state index contributed by atoms with van der Waals surface area (Å²) < 4.78 is 33.1. The van der Waals surface area contributed by atoms with Gasteiger partial charge in [0.05, 0.1) is 0 Å². The van der Waals surface area contributed by atoms with Gasteiger partial charge in [0.15, 0.2) is 0 Å². The molecular weight excluding hydrogens is 248 g/mol. The molecule has 0 spiro atoms. The fourth-order valence-corrected chi connectivity index (χ4v) is 2.50. The number of rotatable bonds is 3. The van der Waals surface area contributed by atoms with Crippen molar-refractivity contribution in [1.29, 1.82) is 0 Å². The zero-order valence-electron chi connectivity index (χ0n) is 11.7. The Kier molecular flexibility index (Phi) is 4.40. The zero-order valence-corrected chi connectivity index (χ0v) is 11.7. The van der Waals surface area contributed by atoms with E-state index in [1.54, 1.807) is 0 Å². The maximum absolute atomic E-state index is 13.8. The SMILES string of the molecule is CC(C)c1c(F)cc(F)cc1OC1CCN(C)CC1. The molecule has 1 aromatic carbocycles. The van der Waals surface area contributed by atoms with Gasteiger partial charge in [-0.1, -0.05) is 13.8 Å². The summed E-state index contributed by atoms with van der Waals surface area (Å²) in [6.45, 7) is 5.69. The van der Waals surface area contributed by atoms with Gasteiger partial charge in [-0.25, -0.2) is 8.78 Å². The molecule has 0 atom stereocenters. The molecule has 19 heavy (non-hydrogen) atoms. The molecule has 0 aliphatic carbocycles. The average Bonchev–Trinajstić information content (AvgIpc) is 2.30. The van der Waals surface area contributed by atoms with E-state index in [4.69, 9.17) is 4.74 Å². The Morgan fingerprint density at radius 2 is 1.84 bits per heavy atom. The minimum atomic E-state index is -0.579. The second-order valence-corrected chi connectivity index (χ2v) is 5.57. The lowest BCUT2D eigenvalue weighted by atomic mass is 10.0. The van der Waals surface area contributed by atoms with Crippen LogP contribution in [0.1, 0.15) is 38.2 Å². The summed E-state index contributed by atoms with van der Waals surface area (Å²) in [5.41, 5.74) is 0.473. The van der Waals surface area contributed by atoms with Crippen LogP contribution in [0.2, 0.25) is 0 Å². The van der Waals surface area contributed by atoms with E-state index in [1.165, 1.54) is 6.07 Å². The fraction of sp³-hybridized carbons (Fsp3) is 0.600. The quantitative estimate of drug-likeness (QED) is 0.832. The third-order valence-corrected chi connectivity index (χ3v) is 3.59. The number of halogens is 2. The van der Waals surface area contributed by atoms with Gasteiger partial charge in [-0.2, -0.15) is 0 Å². The van der Waals surface area contributed by atoms with Crippen molar-refractivity contribution in [3.8, 4) is 5.75 Å². The number of hydrogen-bond donors (Lipinski definition) is 0. The van der Waals surface area contributed by atoms with Gasteiger partial charge < -0.3 is 9.64 Å². The number of hydrogen-bond acceptors (Lipinski definition) is 2. The van der Waals surface area contributed by atoms with E-state index in [9.17, 15) is 8.78 Å². The Balaban J connectivity index is 2.19. The van der Waals surface area contributed by atoms with Gasteiger partial charge in [0.25, 0.3) is 0 Å². The van der Waals surface area contributed by atoms with E-state index in [1.807, 2.05) is 13.8 Å². The van der Waals surface area contributed by atoms with Crippen molar-refractivity contribution in [2.75, 3.05) is 20.1 Å². The van der Waals surface area contributed by atoms with E-state index in [2.05, 4.69) is 11.9 Å². The minimum absolute atomic E-state index is 0.0261. The summed E-state index contributed by atoms with van der Waals surface area (Å²) in [6.07, 6.45) is 1.84. The van der Waals surface area contributed by atoms with Crippen LogP contribution in [0.15, 0.2) is 12.1 Å². The second-order valence-electron chi connectivity index (χ2n) is 5.57. The van der Waals surface area contributed by atoms with E-state index >= 15 is 0 Å². The van der Waals surface area contributed by atoms with Crippen molar-refractivity contribution < 1.29 is 13.5 Å². The topological polar surface area (TPSA) is 12.5 Å². The minimum Gasteiger partial charge on any atom is -0.490 e. The molecule has 106 valence electrons. The number of nitrogens with zero attached hydrogens (tertiary/aromatic N) is 1. The molecule has 0 unspecified atom stereocenters. The number of benzene rings is 1. The molecule has 0 aromatic heterocycles. The van der Waals surface area contributed by atoms with Crippen molar-refractivity contribution in [2.24, 2.45) is 0 Å². The van der Waals surface area contributed by atoms with Crippen molar-refractivity contribution >= 4 is 0 Å². The molecule has 0 radical (unpaired) electrons. The molecule has 1 aliphatic rings. The highest BCUT2D eigenvalue weighted by atomic mass is 19.1. The predicted octanol–water partition coefficient (Wildman–Crippen LogP) is 3.56. The average molecular weight is 269 g/mol. The third-order valence-electron chi connectivity index (χ3n) is 3.59. The maximum Gasteiger partial charge on any atom is 0.133 e.